The molecule has 0 aliphatic carbocycles. The molecule has 0 saturated carbocycles. The van der Waals surface area contributed by atoms with Crippen LogP contribution in [0.4, 0.5) is 5.00 Å². The minimum absolute atomic E-state index is 0.134. The van der Waals surface area contributed by atoms with Gasteiger partial charge in [0.05, 0.1) is 22.7 Å². The lowest BCUT2D eigenvalue weighted by Gasteiger charge is -2.05. The third kappa shape index (κ3) is 4.62. The normalized spacial score (nSPS) is 11.3. The summed E-state index contributed by atoms with van der Waals surface area (Å²) in [6.07, 6.45) is 1.51. The monoisotopic (exact) mass is 487 g/mol. The van der Waals surface area contributed by atoms with Crippen molar-refractivity contribution >= 4 is 55.8 Å². The Morgan fingerprint density at radius 2 is 1.97 bits per heavy atom. The quantitative estimate of drug-likeness (QED) is 0.177. The SMILES string of the molecule is CCOC(=O)c1c(NC=C(C#N)c2nc(-c3ccc4ccccc4c3)cs2)sc(C(C)=O)c1C. The molecule has 2 aromatic heterocycles. The summed E-state index contributed by atoms with van der Waals surface area (Å²) in [4.78, 5) is 29.6. The van der Waals surface area contributed by atoms with Gasteiger partial charge in [-0.15, -0.1) is 22.7 Å². The first-order valence-corrected chi connectivity index (χ1v) is 12.3. The van der Waals surface area contributed by atoms with E-state index >= 15 is 0 Å². The number of nitriles is 1. The molecular formula is C26H21N3O3S2. The number of rotatable bonds is 7. The Kier molecular flexibility index (Phi) is 6.87. The van der Waals surface area contributed by atoms with Gasteiger partial charge in [0.25, 0.3) is 0 Å². The van der Waals surface area contributed by atoms with Crippen LogP contribution in [0.25, 0.3) is 27.6 Å². The lowest BCUT2D eigenvalue weighted by molar-refractivity contribution is 0.0527. The molecular weight excluding hydrogens is 466 g/mol. The van der Waals surface area contributed by atoms with Gasteiger partial charge in [0, 0.05) is 17.1 Å². The fourth-order valence-corrected chi connectivity index (χ4v) is 5.41. The van der Waals surface area contributed by atoms with Gasteiger partial charge in [-0.1, -0.05) is 36.4 Å². The highest BCUT2D eigenvalue weighted by molar-refractivity contribution is 7.18. The van der Waals surface area contributed by atoms with Crippen LogP contribution in [0.15, 0.2) is 54.0 Å². The molecule has 0 fully saturated rings. The largest absolute Gasteiger partial charge is 0.462 e. The third-order valence-corrected chi connectivity index (χ3v) is 7.39. The van der Waals surface area contributed by atoms with Crippen molar-refractivity contribution < 1.29 is 14.3 Å². The molecule has 170 valence electrons. The van der Waals surface area contributed by atoms with Crippen LogP contribution >= 0.6 is 22.7 Å². The molecule has 2 aromatic carbocycles. The number of Topliss-reactive ketones (excluding diaryl/α,β-unsaturated/α-hetero) is 1. The maximum Gasteiger partial charge on any atom is 0.341 e. The number of fused-ring (bicyclic) bond motifs is 1. The van der Waals surface area contributed by atoms with Crippen molar-refractivity contribution in [2.45, 2.75) is 20.8 Å². The summed E-state index contributed by atoms with van der Waals surface area (Å²) in [6.45, 7) is 5.12. The number of benzene rings is 2. The number of ketones is 1. The fraction of sp³-hybridized carbons (Fsp3) is 0.154. The van der Waals surface area contributed by atoms with E-state index in [2.05, 4.69) is 40.6 Å². The first-order valence-electron chi connectivity index (χ1n) is 10.6. The Hall–Kier alpha value is -3.80. The van der Waals surface area contributed by atoms with Crippen molar-refractivity contribution in [3.05, 3.63) is 75.1 Å². The number of hydrogen-bond donors (Lipinski definition) is 1. The summed E-state index contributed by atoms with van der Waals surface area (Å²) in [7, 11) is 0. The maximum absolute atomic E-state index is 12.5. The Labute approximate surface area is 205 Å². The summed E-state index contributed by atoms with van der Waals surface area (Å²) < 4.78 is 5.16. The average Bonchev–Trinajstić information content (AvgIpc) is 3.44. The number of nitrogens with one attached hydrogen (secondary N) is 1. The van der Waals surface area contributed by atoms with Crippen molar-refractivity contribution in [2.75, 3.05) is 11.9 Å². The number of carbonyl (C=O) groups excluding carboxylic acids is 2. The molecule has 0 spiro atoms. The van der Waals surface area contributed by atoms with Gasteiger partial charge in [-0.2, -0.15) is 5.26 Å². The second-order valence-corrected chi connectivity index (χ2v) is 9.33. The minimum atomic E-state index is -0.508. The topological polar surface area (TPSA) is 92.1 Å². The van der Waals surface area contributed by atoms with E-state index in [0.29, 0.717) is 31.6 Å². The highest BCUT2D eigenvalue weighted by atomic mass is 32.1. The molecule has 0 saturated heterocycles. The van der Waals surface area contributed by atoms with Crippen molar-refractivity contribution in [2.24, 2.45) is 0 Å². The molecule has 0 atom stereocenters. The molecule has 0 aliphatic rings. The van der Waals surface area contributed by atoms with E-state index in [9.17, 15) is 14.9 Å². The summed E-state index contributed by atoms with van der Waals surface area (Å²) in [5.41, 5.74) is 2.95. The highest BCUT2D eigenvalue weighted by Crippen LogP contribution is 2.35. The van der Waals surface area contributed by atoms with Gasteiger partial charge >= 0.3 is 5.97 Å². The smallest absolute Gasteiger partial charge is 0.341 e. The zero-order valence-corrected chi connectivity index (χ0v) is 20.5. The van der Waals surface area contributed by atoms with Crippen LogP contribution in [0.3, 0.4) is 0 Å². The number of ether oxygens (including phenoxy) is 1. The van der Waals surface area contributed by atoms with Crippen molar-refractivity contribution in [1.82, 2.24) is 4.98 Å². The van der Waals surface area contributed by atoms with Gasteiger partial charge < -0.3 is 10.1 Å². The molecule has 0 bridgehead atoms. The second-order valence-electron chi connectivity index (χ2n) is 7.45. The molecule has 4 rings (SSSR count). The first-order chi connectivity index (χ1) is 16.4. The second kappa shape index (κ2) is 10.00. The van der Waals surface area contributed by atoms with Crippen LogP contribution in [0.5, 0.6) is 0 Å². The fourth-order valence-electron chi connectivity index (χ4n) is 3.56. The van der Waals surface area contributed by atoms with Crippen LogP contribution < -0.4 is 5.32 Å². The molecule has 6 nitrogen and oxygen atoms in total. The lowest BCUT2D eigenvalue weighted by Crippen LogP contribution is -2.08. The van der Waals surface area contributed by atoms with Gasteiger partial charge in [-0.25, -0.2) is 9.78 Å². The summed E-state index contributed by atoms with van der Waals surface area (Å²) in [6, 6.07) is 16.4. The molecule has 2 heterocycles. The average molecular weight is 488 g/mol. The summed E-state index contributed by atoms with van der Waals surface area (Å²) >= 11 is 2.53. The molecule has 4 aromatic rings. The van der Waals surface area contributed by atoms with E-state index < -0.39 is 5.97 Å². The third-order valence-electron chi connectivity index (χ3n) is 5.19. The zero-order valence-electron chi connectivity index (χ0n) is 18.8. The zero-order chi connectivity index (χ0) is 24.2. The van der Waals surface area contributed by atoms with Gasteiger partial charge in [-0.3, -0.25) is 4.79 Å². The number of thiophene rings is 1. The van der Waals surface area contributed by atoms with Crippen LogP contribution in [0.2, 0.25) is 0 Å². The number of carbonyl (C=O) groups is 2. The van der Waals surface area contributed by atoms with Crippen LogP contribution in [-0.2, 0) is 4.74 Å². The number of esters is 1. The predicted octanol–water partition coefficient (Wildman–Crippen LogP) is 6.69. The number of anilines is 1. The number of hydrogen-bond acceptors (Lipinski definition) is 8. The van der Waals surface area contributed by atoms with Gasteiger partial charge in [0.1, 0.15) is 21.7 Å². The van der Waals surface area contributed by atoms with E-state index in [-0.39, 0.29) is 12.4 Å². The van der Waals surface area contributed by atoms with E-state index in [1.54, 1.807) is 13.8 Å². The van der Waals surface area contributed by atoms with Crippen LogP contribution in [-0.4, -0.2) is 23.3 Å². The summed E-state index contributed by atoms with van der Waals surface area (Å²) in [5, 5.41) is 18.0. The number of nitrogens with zero attached hydrogens (tertiary/aromatic N) is 2. The highest BCUT2D eigenvalue weighted by Gasteiger charge is 2.24. The molecule has 0 aliphatic heterocycles. The number of thiazole rings is 1. The molecule has 1 N–H and O–H groups in total. The molecule has 0 unspecified atom stereocenters. The Balaban J connectivity index is 1.64. The molecule has 0 radical (unpaired) electrons. The van der Waals surface area contributed by atoms with Crippen LogP contribution in [0, 0.1) is 18.3 Å². The standard InChI is InChI=1S/C26H21N3O3S2/c1-4-32-26(31)22-15(2)23(16(3)30)34-25(22)28-13-20(12-27)24-29-21(14-33-24)19-10-9-17-7-5-6-8-18(17)11-19/h5-11,13-14,28H,4H2,1-3H3. The number of aromatic nitrogens is 1. The Morgan fingerprint density at radius 3 is 2.68 bits per heavy atom. The van der Waals surface area contributed by atoms with Gasteiger partial charge in [0.15, 0.2) is 5.78 Å². The van der Waals surface area contributed by atoms with Gasteiger partial charge in [0.2, 0.25) is 0 Å². The van der Waals surface area contributed by atoms with Crippen molar-refractivity contribution in [1.29, 1.82) is 5.26 Å². The molecule has 0 amide bonds. The predicted molar refractivity (Wildman–Crippen MR) is 137 cm³/mol. The summed E-state index contributed by atoms with van der Waals surface area (Å²) in [5.74, 6) is -0.642. The van der Waals surface area contributed by atoms with Crippen LogP contribution in [0.1, 0.15) is 44.4 Å². The molecule has 34 heavy (non-hydrogen) atoms. The Morgan fingerprint density at radius 1 is 1.21 bits per heavy atom. The van der Waals surface area contributed by atoms with E-state index in [1.807, 2.05) is 23.6 Å². The molecule has 8 heteroatoms. The first kappa shape index (κ1) is 23.4. The van der Waals surface area contributed by atoms with Gasteiger partial charge in [-0.05, 0) is 43.2 Å². The van der Waals surface area contributed by atoms with Crippen molar-refractivity contribution in [3.63, 3.8) is 0 Å². The lowest BCUT2D eigenvalue weighted by atomic mass is 10.1. The minimum Gasteiger partial charge on any atom is -0.462 e. The van der Waals surface area contributed by atoms with E-state index in [0.717, 1.165) is 22.0 Å². The maximum atomic E-state index is 12.5. The van der Waals surface area contributed by atoms with E-state index in [4.69, 9.17) is 4.74 Å². The van der Waals surface area contributed by atoms with Crippen molar-refractivity contribution in [3.8, 4) is 17.3 Å². The number of allylic oxidation sites excluding steroid dienone is 1. The van der Waals surface area contributed by atoms with E-state index in [1.165, 1.54) is 35.8 Å². The Bertz CT molecular complexity index is 1470.